The van der Waals surface area contributed by atoms with E-state index in [1.807, 2.05) is 60.9 Å². The zero-order valence-corrected chi connectivity index (χ0v) is 37.6. The lowest BCUT2D eigenvalue weighted by Crippen LogP contribution is -2.24. The van der Waals surface area contributed by atoms with Crippen LogP contribution in [0.25, 0.3) is 110 Å². The largest absolute Gasteiger partial charge is 0.337 e. The third-order valence-electron chi connectivity index (χ3n) is 11.9. The first-order valence-corrected chi connectivity index (χ1v) is 23.3. The third-order valence-corrected chi connectivity index (χ3v) is 13.9. The highest BCUT2D eigenvalue weighted by Gasteiger charge is 2.38. The summed E-state index contributed by atoms with van der Waals surface area (Å²) >= 11 is 2.85. The van der Waals surface area contributed by atoms with Gasteiger partial charge in [0.1, 0.15) is 11.4 Å². The Bertz CT molecular complexity index is 3810. The molecule has 0 radical (unpaired) electrons. The van der Waals surface area contributed by atoms with Crippen molar-refractivity contribution in [2.24, 2.45) is 0 Å². The van der Waals surface area contributed by atoms with Crippen molar-refractivity contribution in [1.82, 2.24) is 65.2 Å². The molecule has 68 heavy (non-hydrogen) atoms. The zero-order valence-electron chi connectivity index (χ0n) is 35.9. The number of likely N-dealkylation sites (tertiary alicyclic amines) is 1. The van der Waals surface area contributed by atoms with Gasteiger partial charge >= 0.3 is 0 Å². The number of benzene rings is 2. The molecule has 1 saturated heterocycles. The smallest absolute Gasteiger partial charge is 0.261 e. The fourth-order valence-corrected chi connectivity index (χ4v) is 10.3. The van der Waals surface area contributed by atoms with Crippen molar-refractivity contribution in [3.8, 4) is 66.2 Å². The molecule has 4 N–H and O–H groups in total. The van der Waals surface area contributed by atoms with Gasteiger partial charge in [0.15, 0.2) is 28.1 Å². The van der Waals surface area contributed by atoms with Gasteiger partial charge in [-0.3, -0.25) is 25.1 Å². The SMILES string of the molecule is Cc1ccc(-c2cccc3[nH]c(-c4[nH]nc5ncc(-c6cccnc6)cc45)nc23)s1.Fc1ccc(-c2cccc3[nH]c(-c4[nH]nc5ncc(-c6cncc(CN7CCC(F)(F)C7)c6)cc45)nc23)s1. The van der Waals surface area contributed by atoms with E-state index in [0.29, 0.717) is 35.9 Å². The molecule has 0 bridgehead atoms. The molecule has 0 aliphatic carbocycles. The van der Waals surface area contributed by atoms with E-state index in [-0.39, 0.29) is 18.1 Å². The molecule has 11 heterocycles. The fraction of sp³-hybridized carbons (Fsp3) is 0.120. The highest BCUT2D eigenvalue weighted by Crippen LogP contribution is 2.37. The van der Waals surface area contributed by atoms with Gasteiger partial charge in [0.2, 0.25) is 0 Å². The Morgan fingerprint density at radius 3 is 1.84 bits per heavy atom. The Balaban J connectivity index is 0.000000145. The number of aromatic nitrogens is 12. The summed E-state index contributed by atoms with van der Waals surface area (Å²) in [6.07, 6.45) is 10.5. The number of imidazole rings is 2. The second-order valence-electron chi connectivity index (χ2n) is 16.6. The minimum atomic E-state index is -2.63. The quantitative estimate of drug-likeness (QED) is 0.116. The number of thiophene rings is 2. The zero-order chi connectivity index (χ0) is 45.9. The van der Waals surface area contributed by atoms with Crippen molar-refractivity contribution in [3.63, 3.8) is 0 Å². The van der Waals surface area contributed by atoms with Gasteiger partial charge in [-0.15, -0.1) is 22.7 Å². The Morgan fingerprint density at radius 1 is 0.647 bits per heavy atom. The summed E-state index contributed by atoms with van der Waals surface area (Å²) in [4.78, 5) is 39.2. The Labute approximate surface area is 392 Å². The molecule has 0 spiro atoms. The molecule has 1 fully saturated rings. The molecule has 334 valence electrons. The van der Waals surface area contributed by atoms with E-state index in [9.17, 15) is 13.2 Å². The number of fused-ring (bicyclic) bond motifs is 4. The summed E-state index contributed by atoms with van der Waals surface area (Å²) in [6.45, 7) is 2.67. The first kappa shape index (κ1) is 41.5. The minimum absolute atomic E-state index is 0.114. The van der Waals surface area contributed by atoms with Crippen LogP contribution in [-0.4, -0.2) is 84.2 Å². The van der Waals surface area contributed by atoms with E-state index >= 15 is 0 Å². The molecule has 0 saturated carbocycles. The highest BCUT2D eigenvalue weighted by atomic mass is 32.1. The van der Waals surface area contributed by atoms with Crippen LogP contribution in [-0.2, 0) is 6.54 Å². The maximum absolute atomic E-state index is 13.7. The van der Waals surface area contributed by atoms with E-state index < -0.39 is 5.92 Å². The summed E-state index contributed by atoms with van der Waals surface area (Å²) < 4.78 is 40.9. The van der Waals surface area contributed by atoms with Gasteiger partial charge in [-0.25, -0.2) is 28.7 Å². The molecule has 2 aromatic carbocycles. The number of alkyl halides is 2. The number of halogens is 3. The third kappa shape index (κ3) is 7.87. The van der Waals surface area contributed by atoms with E-state index in [1.54, 1.807) is 47.1 Å². The van der Waals surface area contributed by atoms with Crippen LogP contribution in [0.3, 0.4) is 0 Å². The monoisotopic (exact) mass is 939 g/mol. The lowest BCUT2D eigenvalue weighted by atomic mass is 10.1. The molecule has 0 atom stereocenters. The molecular formula is C50H36F3N13S2. The van der Waals surface area contributed by atoms with Crippen LogP contribution < -0.4 is 0 Å². The fourth-order valence-electron chi connectivity index (χ4n) is 8.68. The predicted molar refractivity (Wildman–Crippen MR) is 261 cm³/mol. The second-order valence-corrected chi connectivity index (χ2v) is 18.9. The molecule has 0 amide bonds. The van der Waals surface area contributed by atoms with Gasteiger partial charge in [0, 0.05) is 105 Å². The van der Waals surface area contributed by atoms with Crippen LogP contribution in [0.4, 0.5) is 13.2 Å². The number of rotatable bonds is 8. The molecule has 12 aromatic rings. The summed E-state index contributed by atoms with van der Waals surface area (Å²) in [7, 11) is 0. The number of hydrogen-bond donors (Lipinski definition) is 4. The van der Waals surface area contributed by atoms with Crippen LogP contribution in [0.1, 0.15) is 16.9 Å². The average Bonchev–Trinajstić information content (AvgIpc) is 4.23. The van der Waals surface area contributed by atoms with Gasteiger partial charge in [-0.05, 0) is 73.2 Å². The van der Waals surface area contributed by atoms with Crippen LogP contribution >= 0.6 is 22.7 Å². The molecule has 13 nitrogen and oxygen atoms in total. The highest BCUT2D eigenvalue weighted by molar-refractivity contribution is 7.15. The number of hydrogen-bond acceptors (Lipinski definition) is 11. The van der Waals surface area contributed by atoms with Gasteiger partial charge < -0.3 is 9.97 Å². The van der Waals surface area contributed by atoms with Crippen molar-refractivity contribution in [2.75, 3.05) is 13.1 Å². The van der Waals surface area contributed by atoms with Crippen molar-refractivity contribution in [3.05, 3.63) is 144 Å². The maximum Gasteiger partial charge on any atom is 0.261 e. The lowest BCUT2D eigenvalue weighted by molar-refractivity contribution is 0.0115. The predicted octanol–water partition coefficient (Wildman–Crippen LogP) is 11.9. The van der Waals surface area contributed by atoms with E-state index in [0.717, 1.165) is 99.5 Å². The first-order chi connectivity index (χ1) is 33.2. The van der Waals surface area contributed by atoms with Crippen LogP contribution in [0, 0.1) is 12.1 Å². The Morgan fingerprint density at radius 2 is 1.26 bits per heavy atom. The van der Waals surface area contributed by atoms with Crippen molar-refractivity contribution >= 4 is 66.8 Å². The summed E-state index contributed by atoms with van der Waals surface area (Å²) in [6, 6.07) is 29.4. The molecule has 13 rings (SSSR count). The van der Waals surface area contributed by atoms with Crippen molar-refractivity contribution in [1.29, 1.82) is 0 Å². The van der Waals surface area contributed by atoms with Gasteiger partial charge in [0.25, 0.3) is 5.92 Å². The van der Waals surface area contributed by atoms with E-state index in [2.05, 4.69) is 87.6 Å². The normalized spacial score (nSPS) is 13.8. The number of pyridine rings is 4. The number of para-hydroxylation sites is 2. The molecule has 0 unspecified atom stereocenters. The molecule has 1 aliphatic heterocycles. The molecule has 1 aliphatic rings. The van der Waals surface area contributed by atoms with Crippen LogP contribution in [0.2, 0.25) is 0 Å². The van der Waals surface area contributed by atoms with Crippen LogP contribution in [0.15, 0.2) is 128 Å². The molecule has 18 heteroatoms. The first-order valence-electron chi connectivity index (χ1n) is 21.6. The number of aromatic amines is 4. The number of nitrogens with one attached hydrogen (secondary N) is 4. The van der Waals surface area contributed by atoms with Crippen molar-refractivity contribution in [2.45, 2.75) is 25.8 Å². The molecule has 10 aromatic heterocycles. The summed E-state index contributed by atoms with van der Waals surface area (Å²) in [5.41, 5.74) is 12.7. The minimum Gasteiger partial charge on any atom is -0.337 e. The van der Waals surface area contributed by atoms with Gasteiger partial charge in [0.05, 0.1) is 39.4 Å². The average molecular weight is 940 g/mol. The van der Waals surface area contributed by atoms with Crippen LogP contribution in [0.5, 0.6) is 0 Å². The Kier molecular flexibility index (Phi) is 10.2. The lowest BCUT2D eigenvalue weighted by Gasteiger charge is -2.15. The topological polar surface area (TPSA) is 170 Å². The van der Waals surface area contributed by atoms with E-state index in [1.165, 1.54) is 15.8 Å². The van der Waals surface area contributed by atoms with Gasteiger partial charge in [-0.1, -0.05) is 30.3 Å². The molecular weight excluding hydrogens is 904 g/mol. The second kappa shape index (κ2) is 16.7. The number of H-pyrrole nitrogens is 4. The number of aryl methyl sites for hydroxylation is 1. The Hall–Kier alpha value is -7.93. The number of nitrogens with zero attached hydrogens (tertiary/aromatic N) is 9. The maximum atomic E-state index is 13.7. The summed E-state index contributed by atoms with van der Waals surface area (Å²) in [5, 5.41) is 16.3. The van der Waals surface area contributed by atoms with Crippen molar-refractivity contribution < 1.29 is 13.2 Å². The summed E-state index contributed by atoms with van der Waals surface area (Å²) in [5.74, 6) is -1.29. The van der Waals surface area contributed by atoms with Gasteiger partial charge in [-0.2, -0.15) is 14.6 Å². The van der Waals surface area contributed by atoms with E-state index in [4.69, 9.17) is 9.97 Å². The standard InChI is InChI=1S/C27H20F3N7S.C23H16N6S/c28-22-5-4-21(38-22)18-2-1-3-20-23(18)34-26(33-20)24-19-9-17(12-32-25(19)36-35-24)16-8-15(10-31-11-16)13-37-7-6-27(29,30)14-37;1-13-7-8-19(30-13)16-5-2-6-18-20(16)27-23(26-18)21-17-10-15(12-25-22(17)29-28-21)14-4-3-9-24-11-14/h1-5,8-12H,6-7,13-14H2,(H,33,34)(H,32,35,36);2-12H,1H3,(H,26,27)(H,25,28,29).